The largest absolute Gasteiger partial charge is 0.509 e. The van der Waals surface area contributed by atoms with Crippen LogP contribution in [-0.4, -0.2) is 43.9 Å². The zero-order valence-corrected chi connectivity index (χ0v) is 15.8. The van der Waals surface area contributed by atoms with Crippen molar-refractivity contribution in [1.29, 1.82) is 0 Å². The van der Waals surface area contributed by atoms with Gasteiger partial charge in [0.25, 0.3) is 0 Å². The third-order valence-corrected chi connectivity index (χ3v) is 5.61. The van der Waals surface area contributed by atoms with Gasteiger partial charge in [-0.3, -0.25) is 4.90 Å². The van der Waals surface area contributed by atoms with Gasteiger partial charge in [-0.2, -0.15) is 0 Å². The highest BCUT2D eigenvalue weighted by Gasteiger charge is 2.37. The fraction of sp³-hybridized carbons (Fsp3) is 0.409. The van der Waals surface area contributed by atoms with Gasteiger partial charge in [0.05, 0.1) is 7.11 Å². The van der Waals surface area contributed by atoms with Crippen LogP contribution in [0.3, 0.4) is 0 Å². The topological polar surface area (TPSA) is 48.0 Å². The van der Waals surface area contributed by atoms with E-state index in [2.05, 4.69) is 4.90 Å². The molecule has 2 aromatic carbocycles. The highest BCUT2D eigenvalue weighted by Crippen LogP contribution is 2.32. The summed E-state index contributed by atoms with van der Waals surface area (Å²) in [7, 11) is 1.57. The van der Waals surface area contributed by atoms with Crippen molar-refractivity contribution in [2.45, 2.75) is 25.0 Å². The van der Waals surface area contributed by atoms with E-state index in [1.54, 1.807) is 31.4 Å². The predicted octanol–water partition coefficient (Wildman–Crippen LogP) is 4.17. The number of fused-ring (bicyclic) bond motifs is 3. The molecule has 28 heavy (non-hydrogen) atoms. The maximum absolute atomic E-state index is 13.8. The molecule has 0 spiro atoms. The molecule has 2 aromatic rings. The molecule has 5 nitrogen and oxygen atoms in total. The van der Waals surface area contributed by atoms with Gasteiger partial charge in [-0.15, -0.1) is 0 Å². The Bertz CT molecular complexity index is 835. The van der Waals surface area contributed by atoms with E-state index in [4.69, 9.17) is 14.2 Å². The van der Waals surface area contributed by atoms with Crippen LogP contribution in [0.25, 0.3) is 0 Å². The monoisotopic (exact) mass is 385 g/mol. The number of benzene rings is 2. The van der Waals surface area contributed by atoms with Gasteiger partial charge in [-0.25, -0.2) is 9.18 Å². The number of hydrogen-bond donors (Lipinski definition) is 0. The van der Waals surface area contributed by atoms with Gasteiger partial charge in [0.1, 0.15) is 17.7 Å². The normalized spacial score (nSPS) is 24.4. The van der Waals surface area contributed by atoms with Crippen molar-refractivity contribution in [3.05, 3.63) is 65.5 Å². The van der Waals surface area contributed by atoms with Crippen LogP contribution in [0.4, 0.5) is 9.18 Å². The molecule has 3 saturated heterocycles. The van der Waals surface area contributed by atoms with E-state index in [1.807, 2.05) is 12.1 Å². The summed E-state index contributed by atoms with van der Waals surface area (Å²) in [5, 5.41) is 0. The molecule has 0 N–H and O–H groups in total. The molecule has 0 amide bonds. The number of halogens is 1. The highest BCUT2D eigenvalue weighted by molar-refractivity contribution is 5.61. The number of carbonyl (C=O) groups is 1. The number of rotatable bonds is 5. The first-order chi connectivity index (χ1) is 13.6. The van der Waals surface area contributed by atoms with Crippen LogP contribution in [0.2, 0.25) is 0 Å². The van der Waals surface area contributed by atoms with Gasteiger partial charge in [-0.1, -0.05) is 24.3 Å². The van der Waals surface area contributed by atoms with Crippen LogP contribution in [0.1, 0.15) is 30.1 Å². The second kappa shape index (κ2) is 8.19. The van der Waals surface area contributed by atoms with E-state index in [1.165, 1.54) is 12.1 Å². The maximum atomic E-state index is 13.8. The molecule has 2 bridgehead atoms. The second-order valence-corrected chi connectivity index (χ2v) is 7.37. The molecular formula is C22H24FNO4. The number of ether oxygens (including phenoxy) is 3. The molecule has 6 heteroatoms. The lowest BCUT2D eigenvalue weighted by molar-refractivity contribution is -0.0642. The zero-order chi connectivity index (χ0) is 19.5. The first-order valence-electron chi connectivity index (χ1n) is 9.61. The smallest absolute Gasteiger partial charge is 0.497 e. The van der Waals surface area contributed by atoms with Crippen molar-refractivity contribution in [1.82, 2.24) is 4.90 Å². The minimum atomic E-state index is -0.778. The van der Waals surface area contributed by atoms with Gasteiger partial charge >= 0.3 is 6.16 Å². The van der Waals surface area contributed by atoms with Gasteiger partial charge < -0.3 is 14.2 Å². The quantitative estimate of drug-likeness (QED) is 0.723. The van der Waals surface area contributed by atoms with E-state index < -0.39 is 12.3 Å². The lowest BCUT2D eigenvalue weighted by atomic mass is 9.86. The molecular weight excluding hydrogens is 361 g/mol. The Morgan fingerprint density at radius 1 is 1.11 bits per heavy atom. The average molecular weight is 385 g/mol. The molecule has 148 valence electrons. The van der Waals surface area contributed by atoms with Crippen molar-refractivity contribution in [3.63, 3.8) is 0 Å². The number of piperidine rings is 3. The summed E-state index contributed by atoms with van der Waals surface area (Å²) in [5.74, 6) is 0.634. The van der Waals surface area contributed by atoms with Crippen molar-refractivity contribution < 1.29 is 23.4 Å². The zero-order valence-electron chi connectivity index (χ0n) is 15.8. The molecule has 0 radical (unpaired) electrons. The summed E-state index contributed by atoms with van der Waals surface area (Å²) < 4.78 is 30.4. The van der Waals surface area contributed by atoms with E-state index in [0.29, 0.717) is 22.8 Å². The molecule has 3 heterocycles. The van der Waals surface area contributed by atoms with Crippen LogP contribution >= 0.6 is 0 Å². The lowest BCUT2D eigenvalue weighted by Gasteiger charge is -2.43. The fourth-order valence-electron chi connectivity index (χ4n) is 4.09. The minimum Gasteiger partial charge on any atom is -0.497 e. The molecule has 0 aliphatic carbocycles. The molecule has 2 atom stereocenters. The standard InChI is InChI=1S/C22H24FNO4/c1-26-19-7-3-5-17(13-19)21(16-4-2-6-18(23)12-16)28-22(25)27-20-14-24-10-8-15(20)9-11-24/h2-7,12-13,15,20-21H,8-11,14H2,1H3. The summed E-state index contributed by atoms with van der Waals surface area (Å²) in [4.78, 5) is 14.9. The van der Waals surface area contributed by atoms with E-state index in [9.17, 15) is 9.18 Å². The van der Waals surface area contributed by atoms with Gasteiger partial charge in [0, 0.05) is 17.7 Å². The molecule has 3 aliphatic rings. The minimum absolute atomic E-state index is 0.145. The van der Waals surface area contributed by atoms with Crippen LogP contribution in [-0.2, 0) is 9.47 Å². The first kappa shape index (κ1) is 18.7. The molecule has 2 unspecified atom stereocenters. The van der Waals surface area contributed by atoms with Gasteiger partial charge in [0.15, 0.2) is 6.10 Å². The average Bonchev–Trinajstić information content (AvgIpc) is 2.73. The fourth-order valence-corrected chi connectivity index (χ4v) is 4.09. The van der Waals surface area contributed by atoms with Crippen molar-refractivity contribution in [3.8, 4) is 5.75 Å². The van der Waals surface area contributed by atoms with Crippen LogP contribution in [0.15, 0.2) is 48.5 Å². The first-order valence-corrected chi connectivity index (χ1v) is 9.61. The summed E-state index contributed by atoms with van der Waals surface area (Å²) in [5.41, 5.74) is 1.23. The third-order valence-electron chi connectivity index (χ3n) is 5.61. The molecule has 0 saturated carbocycles. The number of methoxy groups -OCH3 is 1. The van der Waals surface area contributed by atoms with Crippen LogP contribution in [0.5, 0.6) is 5.75 Å². The Labute approximate surface area is 164 Å². The van der Waals surface area contributed by atoms with Crippen molar-refractivity contribution >= 4 is 6.16 Å². The summed E-state index contributed by atoms with van der Waals surface area (Å²) in [6.45, 7) is 2.88. The van der Waals surface area contributed by atoms with Gasteiger partial charge in [-0.05, 0) is 56.1 Å². The highest BCUT2D eigenvalue weighted by atomic mass is 19.1. The molecule has 5 rings (SSSR count). The molecule has 3 aliphatic heterocycles. The Hall–Kier alpha value is -2.60. The molecule has 3 fully saturated rings. The van der Waals surface area contributed by atoms with E-state index >= 15 is 0 Å². The second-order valence-electron chi connectivity index (χ2n) is 7.37. The Balaban J connectivity index is 1.54. The van der Waals surface area contributed by atoms with Gasteiger partial charge in [0.2, 0.25) is 0 Å². The Morgan fingerprint density at radius 2 is 1.82 bits per heavy atom. The Morgan fingerprint density at radius 3 is 2.46 bits per heavy atom. The summed E-state index contributed by atoms with van der Waals surface area (Å²) in [6.07, 6.45) is 0.436. The van der Waals surface area contributed by atoms with E-state index in [-0.39, 0.29) is 11.9 Å². The SMILES string of the molecule is COc1cccc(C(OC(=O)OC2CN3CCC2CC3)c2cccc(F)c2)c1. The van der Waals surface area contributed by atoms with E-state index in [0.717, 1.165) is 32.5 Å². The third kappa shape index (κ3) is 4.12. The van der Waals surface area contributed by atoms with Crippen molar-refractivity contribution in [2.24, 2.45) is 5.92 Å². The number of hydrogen-bond acceptors (Lipinski definition) is 5. The Kier molecular flexibility index (Phi) is 5.48. The van der Waals surface area contributed by atoms with Crippen molar-refractivity contribution in [2.75, 3.05) is 26.7 Å². The maximum Gasteiger partial charge on any atom is 0.509 e. The summed E-state index contributed by atoms with van der Waals surface area (Å²) >= 11 is 0. The number of nitrogens with zero attached hydrogens (tertiary/aromatic N) is 1. The summed E-state index contributed by atoms with van der Waals surface area (Å²) in [6, 6.07) is 13.3. The van der Waals surface area contributed by atoms with Crippen LogP contribution in [0, 0.1) is 11.7 Å². The lowest BCUT2D eigenvalue weighted by Crippen LogP contribution is -2.52. The molecule has 0 aromatic heterocycles. The predicted molar refractivity (Wildman–Crippen MR) is 102 cm³/mol. The number of carbonyl (C=O) groups excluding carboxylic acids is 1. The van der Waals surface area contributed by atoms with Crippen LogP contribution < -0.4 is 4.74 Å².